The van der Waals surface area contributed by atoms with Gasteiger partial charge in [-0.25, -0.2) is 9.97 Å². The van der Waals surface area contributed by atoms with E-state index < -0.39 is 5.91 Å². The molecule has 9 N–H and O–H groups in total. The summed E-state index contributed by atoms with van der Waals surface area (Å²) in [6.45, 7) is 1.34. The second kappa shape index (κ2) is 13.1. The molecule has 0 spiro atoms. The van der Waals surface area contributed by atoms with Crippen LogP contribution in [-0.2, 0) is 0 Å². The van der Waals surface area contributed by atoms with E-state index in [2.05, 4.69) is 20.3 Å². The van der Waals surface area contributed by atoms with Crippen LogP contribution in [-0.4, -0.2) is 34.9 Å². The van der Waals surface area contributed by atoms with Crippen LogP contribution in [0.3, 0.4) is 0 Å². The number of halogens is 1. The maximum atomic E-state index is 12.1. The summed E-state index contributed by atoms with van der Waals surface area (Å²) in [5.74, 6) is -0.778. The van der Waals surface area contributed by atoms with Crippen molar-refractivity contribution in [3.8, 4) is 0 Å². The van der Waals surface area contributed by atoms with Crippen molar-refractivity contribution in [3.05, 3.63) is 10.8 Å². The van der Waals surface area contributed by atoms with Crippen LogP contribution in [0.2, 0.25) is 5.15 Å². The number of carbonyl (C=O) groups is 1. The van der Waals surface area contributed by atoms with Crippen LogP contribution in [0.4, 0.5) is 11.6 Å². The molecule has 0 saturated heterocycles. The summed E-state index contributed by atoms with van der Waals surface area (Å²) in [5, 5.41) is 2.32. The second-order valence-electron chi connectivity index (χ2n) is 6.33. The Morgan fingerprint density at radius 3 is 2.07 bits per heavy atom. The third-order valence-electron chi connectivity index (χ3n) is 4.01. The quantitative estimate of drug-likeness (QED) is 0.203. The zero-order valence-electron chi connectivity index (χ0n) is 15.7. The normalized spacial score (nSPS) is 11.6. The number of guanidine groups is 1. The van der Waals surface area contributed by atoms with Crippen molar-refractivity contribution in [1.82, 2.24) is 15.3 Å². The SMILES string of the molecule is NCCCCCCCCCCCN=C(N)NC(=O)c1nc(Cl)c(N)nc1N. The second-order valence-corrected chi connectivity index (χ2v) is 6.68. The van der Waals surface area contributed by atoms with Gasteiger partial charge in [-0.2, -0.15) is 0 Å². The van der Waals surface area contributed by atoms with E-state index in [1.165, 1.54) is 38.5 Å². The molecule has 0 aliphatic carbocycles. The maximum Gasteiger partial charge on any atom is 0.280 e. The first-order valence-corrected chi connectivity index (χ1v) is 9.73. The van der Waals surface area contributed by atoms with Crippen LogP contribution in [0.5, 0.6) is 0 Å². The average molecular weight is 399 g/mol. The van der Waals surface area contributed by atoms with Gasteiger partial charge >= 0.3 is 0 Å². The van der Waals surface area contributed by atoms with Crippen LogP contribution >= 0.6 is 11.6 Å². The fraction of sp³-hybridized carbons (Fsp3) is 0.647. The molecule has 1 amide bonds. The monoisotopic (exact) mass is 398 g/mol. The fourth-order valence-corrected chi connectivity index (χ4v) is 2.64. The molecule has 0 radical (unpaired) electrons. The number of hydrogen-bond donors (Lipinski definition) is 5. The number of carbonyl (C=O) groups excluding carboxylic acids is 1. The minimum atomic E-state index is -0.627. The van der Waals surface area contributed by atoms with Crippen molar-refractivity contribution in [2.45, 2.75) is 57.8 Å². The molecule has 0 saturated carbocycles. The third kappa shape index (κ3) is 9.39. The number of nitrogens with one attached hydrogen (secondary N) is 1. The van der Waals surface area contributed by atoms with E-state index in [0.717, 1.165) is 25.8 Å². The summed E-state index contributed by atoms with van der Waals surface area (Å²) in [4.78, 5) is 23.8. The first-order valence-electron chi connectivity index (χ1n) is 9.35. The van der Waals surface area contributed by atoms with Gasteiger partial charge in [0, 0.05) is 6.54 Å². The zero-order chi connectivity index (χ0) is 20.1. The summed E-state index contributed by atoms with van der Waals surface area (Å²) in [5.41, 5.74) is 22.1. The van der Waals surface area contributed by atoms with Crippen molar-refractivity contribution in [2.75, 3.05) is 24.6 Å². The Morgan fingerprint density at radius 2 is 1.48 bits per heavy atom. The summed E-state index contributed by atoms with van der Waals surface area (Å²) in [6, 6.07) is 0. The molecule has 27 heavy (non-hydrogen) atoms. The van der Waals surface area contributed by atoms with Crippen molar-refractivity contribution in [2.24, 2.45) is 16.5 Å². The number of aromatic nitrogens is 2. The lowest BCUT2D eigenvalue weighted by Gasteiger charge is -2.07. The molecular weight excluding hydrogens is 368 g/mol. The summed E-state index contributed by atoms with van der Waals surface area (Å²) < 4.78 is 0. The van der Waals surface area contributed by atoms with E-state index >= 15 is 0 Å². The molecule has 1 aromatic rings. The average Bonchev–Trinajstić information content (AvgIpc) is 2.62. The Hall–Kier alpha value is -2.13. The molecule has 10 heteroatoms. The lowest BCUT2D eigenvalue weighted by molar-refractivity contribution is 0.0972. The maximum absolute atomic E-state index is 12.1. The van der Waals surface area contributed by atoms with Crippen LogP contribution in [0.25, 0.3) is 0 Å². The molecule has 0 aromatic carbocycles. The number of rotatable bonds is 12. The van der Waals surface area contributed by atoms with Crippen LogP contribution in [0.15, 0.2) is 4.99 Å². The Morgan fingerprint density at radius 1 is 0.926 bits per heavy atom. The Balaban J connectivity index is 2.20. The van der Waals surface area contributed by atoms with E-state index in [1.807, 2.05) is 0 Å². The summed E-state index contributed by atoms with van der Waals surface area (Å²) >= 11 is 5.75. The van der Waals surface area contributed by atoms with Gasteiger partial charge in [0.05, 0.1) is 0 Å². The molecule has 152 valence electrons. The van der Waals surface area contributed by atoms with E-state index in [9.17, 15) is 4.79 Å². The number of unbranched alkanes of at least 4 members (excludes halogenated alkanes) is 8. The van der Waals surface area contributed by atoms with E-state index in [4.69, 9.17) is 34.5 Å². The van der Waals surface area contributed by atoms with Gasteiger partial charge in [-0.15, -0.1) is 0 Å². The van der Waals surface area contributed by atoms with E-state index in [1.54, 1.807) is 0 Å². The topological polar surface area (TPSA) is 171 Å². The fourth-order valence-electron chi connectivity index (χ4n) is 2.52. The first kappa shape index (κ1) is 22.9. The molecule has 0 unspecified atom stereocenters. The molecule has 0 bridgehead atoms. The number of nitrogens with two attached hydrogens (primary N) is 4. The van der Waals surface area contributed by atoms with Gasteiger partial charge in [-0.3, -0.25) is 15.1 Å². The number of nitrogens with zero attached hydrogens (tertiary/aromatic N) is 3. The van der Waals surface area contributed by atoms with Crippen LogP contribution in [0, 0.1) is 0 Å². The first-order chi connectivity index (χ1) is 13.0. The van der Waals surface area contributed by atoms with Gasteiger partial charge < -0.3 is 22.9 Å². The molecule has 0 atom stereocenters. The molecule has 1 heterocycles. The van der Waals surface area contributed by atoms with E-state index in [-0.39, 0.29) is 28.4 Å². The predicted octanol–water partition coefficient (Wildman–Crippen LogP) is 1.81. The number of anilines is 2. The molecule has 1 rings (SSSR count). The van der Waals surface area contributed by atoms with Gasteiger partial charge in [-0.1, -0.05) is 56.5 Å². The zero-order valence-corrected chi connectivity index (χ0v) is 16.5. The highest BCUT2D eigenvalue weighted by molar-refractivity contribution is 6.31. The van der Waals surface area contributed by atoms with Crippen molar-refractivity contribution in [1.29, 1.82) is 0 Å². The van der Waals surface area contributed by atoms with Crippen LogP contribution in [0.1, 0.15) is 68.3 Å². The van der Waals surface area contributed by atoms with E-state index in [0.29, 0.717) is 6.54 Å². The highest BCUT2D eigenvalue weighted by Gasteiger charge is 2.16. The smallest absolute Gasteiger partial charge is 0.280 e. The Bertz CT molecular complexity index is 623. The third-order valence-corrected chi connectivity index (χ3v) is 4.28. The minimum absolute atomic E-state index is 0.00838. The Kier molecular flexibility index (Phi) is 11.1. The summed E-state index contributed by atoms with van der Waals surface area (Å²) in [7, 11) is 0. The Labute approximate surface area is 165 Å². The number of amides is 1. The summed E-state index contributed by atoms with van der Waals surface area (Å²) in [6.07, 6.45) is 10.6. The molecule has 0 aliphatic heterocycles. The molecule has 9 nitrogen and oxygen atoms in total. The molecule has 0 fully saturated rings. The molecular formula is C17H31ClN8O. The van der Waals surface area contributed by atoms with Crippen molar-refractivity contribution < 1.29 is 4.79 Å². The standard InChI is InChI=1S/C17H31ClN8O/c18-13-15(21)25-14(20)12(24-13)16(27)26-17(22)23-11-9-7-5-3-1-2-4-6-8-10-19/h1-11,19H2,(H4,20,21,25)(H3,22,23,26,27). The van der Waals surface area contributed by atoms with Crippen molar-refractivity contribution in [3.63, 3.8) is 0 Å². The highest BCUT2D eigenvalue weighted by atomic mass is 35.5. The molecule has 1 aromatic heterocycles. The van der Waals surface area contributed by atoms with Crippen molar-refractivity contribution >= 4 is 35.1 Å². The lowest BCUT2D eigenvalue weighted by Crippen LogP contribution is -2.38. The van der Waals surface area contributed by atoms with Crippen LogP contribution < -0.4 is 28.3 Å². The van der Waals surface area contributed by atoms with Gasteiger partial charge in [-0.05, 0) is 19.4 Å². The van der Waals surface area contributed by atoms with Gasteiger partial charge in [0.25, 0.3) is 5.91 Å². The minimum Gasteiger partial charge on any atom is -0.382 e. The predicted molar refractivity (Wildman–Crippen MR) is 110 cm³/mol. The number of aliphatic imine (C=N–C) groups is 1. The number of nitrogen functional groups attached to an aromatic ring is 2. The van der Waals surface area contributed by atoms with Gasteiger partial charge in [0.1, 0.15) is 0 Å². The van der Waals surface area contributed by atoms with Gasteiger partial charge in [0.2, 0.25) is 0 Å². The lowest BCUT2D eigenvalue weighted by atomic mass is 10.1. The number of hydrogen-bond acceptors (Lipinski definition) is 7. The largest absolute Gasteiger partial charge is 0.382 e. The molecule has 0 aliphatic rings. The highest BCUT2D eigenvalue weighted by Crippen LogP contribution is 2.17. The van der Waals surface area contributed by atoms with Gasteiger partial charge in [0.15, 0.2) is 28.4 Å².